The van der Waals surface area contributed by atoms with E-state index in [4.69, 9.17) is 5.73 Å². The van der Waals surface area contributed by atoms with Crippen molar-refractivity contribution in [2.75, 3.05) is 5.32 Å². The maximum atomic E-state index is 11.9. The number of hydrogen-bond donors (Lipinski definition) is 3. The standard InChI is InChI=1S/C17H19N5O3S/c1-3-22-14(4-5-20-22)21-16-12-7-11(9-26(24)25)6-10(2)15(12)19-8-13(16)17(18)23/h4-8,26H,3,9H2,1-2H3,(H2,18,23)(H,19,21). The summed E-state index contributed by atoms with van der Waals surface area (Å²) in [6, 6.07) is 5.29. The first-order valence-corrected chi connectivity index (χ1v) is 9.39. The minimum Gasteiger partial charge on any atom is -0.365 e. The van der Waals surface area contributed by atoms with E-state index in [-0.39, 0.29) is 11.3 Å². The molecule has 0 bridgehead atoms. The quantitative estimate of drug-likeness (QED) is 0.566. The smallest absolute Gasteiger partial charge is 0.252 e. The molecule has 9 heteroatoms. The van der Waals surface area contributed by atoms with Crippen LogP contribution in [0.25, 0.3) is 10.9 Å². The highest BCUT2D eigenvalue weighted by atomic mass is 32.2. The van der Waals surface area contributed by atoms with Gasteiger partial charge in [-0.25, -0.2) is 13.1 Å². The highest BCUT2D eigenvalue weighted by Crippen LogP contribution is 2.31. The lowest BCUT2D eigenvalue weighted by molar-refractivity contribution is 0.100. The van der Waals surface area contributed by atoms with Crippen molar-refractivity contribution in [1.82, 2.24) is 14.8 Å². The summed E-state index contributed by atoms with van der Waals surface area (Å²) in [4.78, 5) is 16.3. The van der Waals surface area contributed by atoms with Crippen LogP contribution in [-0.2, 0) is 23.0 Å². The Kier molecular flexibility index (Phi) is 4.90. The molecule has 3 N–H and O–H groups in total. The summed E-state index contributed by atoms with van der Waals surface area (Å²) < 4.78 is 24.0. The molecule has 0 unspecified atom stereocenters. The number of nitrogens with zero attached hydrogens (tertiary/aromatic N) is 3. The third kappa shape index (κ3) is 3.38. The fraction of sp³-hybridized carbons (Fsp3) is 0.235. The van der Waals surface area contributed by atoms with E-state index < -0.39 is 16.6 Å². The van der Waals surface area contributed by atoms with Crippen LogP contribution in [0, 0.1) is 6.92 Å². The molecule has 0 aliphatic carbocycles. The van der Waals surface area contributed by atoms with E-state index in [1.165, 1.54) is 6.20 Å². The SMILES string of the molecule is CCn1nccc1Nc1c(C(N)=O)cnc2c(C)cc(C[SH](=O)=O)cc12. The number of thiol groups is 1. The van der Waals surface area contributed by atoms with E-state index in [0.717, 1.165) is 5.56 Å². The van der Waals surface area contributed by atoms with Crippen molar-refractivity contribution < 1.29 is 13.2 Å². The van der Waals surface area contributed by atoms with Crippen LogP contribution < -0.4 is 11.1 Å². The second kappa shape index (κ2) is 7.12. The molecule has 0 atom stereocenters. The van der Waals surface area contributed by atoms with Gasteiger partial charge in [0.05, 0.1) is 28.7 Å². The van der Waals surface area contributed by atoms with Crippen molar-refractivity contribution in [3.8, 4) is 0 Å². The van der Waals surface area contributed by atoms with Crippen molar-refractivity contribution in [3.63, 3.8) is 0 Å². The Balaban J connectivity index is 2.26. The Labute approximate surface area is 152 Å². The fourth-order valence-corrected chi connectivity index (χ4v) is 3.42. The predicted molar refractivity (Wildman–Crippen MR) is 100 cm³/mol. The number of hydrogen-bond acceptors (Lipinski definition) is 6. The molecular formula is C17H19N5O3S. The Morgan fingerprint density at radius 3 is 2.77 bits per heavy atom. The van der Waals surface area contributed by atoms with Crippen molar-refractivity contribution in [2.24, 2.45) is 5.73 Å². The van der Waals surface area contributed by atoms with Crippen LogP contribution in [0.4, 0.5) is 11.5 Å². The summed E-state index contributed by atoms with van der Waals surface area (Å²) in [5.74, 6) is -0.0120. The highest BCUT2D eigenvalue weighted by molar-refractivity contribution is 7.71. The molecule has 0 radical (unpaired) electrons. The number of aromatic nitrogens is 3. The van der Waals surface area contributed by atoms with E-state index >= 15 is 0 Å². The molecule has 0 aliphatic heterocycles. The number of pyridine rings is 1. The van der Waals surface area contributed by atoms with E-state index in [2.05, 4.69) is 15.4 Å². The number of fused-ring (bicyclic) bond motifs is 1. The molecule has 3 aromatic rings. The largest absolute Gasteiger partial charge is 0.365 e. The molecule has 26 heavy (non-hydrogen) atoms. The lowest BCUT2D eigenvalue weighted by Gasteiger charge is -2.15. The second-order valence-electron chi connectivity index (χ2n) is 5.87. The molecule has 0 spiro atoms. The molecule has 0 aliphatic rings. The third-order valence-corrected chi connectivity index (χ3v) is 4.69. The van der Waals surface area contributed by atoms with Gasteiger partial charge in [-0.15, -0.1) is 0 Å². The number of nitrogens with one attached hydrogen (secondary N) is 1. The summed E-state index contributed by atoms with van der Waals surface area (Å²) >= 11 is 0. The monoisotopic (exact) mass is 373 g/mol. The average Bonchev–Trinajstić information content (AvgIpc) is 3.01. The lowest BCUT2D eigenvalue weighted by Crippen LogP contribution is -2.15. The van der Waals surface area contributed by atoms with Gasteiger partial charge in [0.25, 0.3) is 5.91 Å². The number of nitrogens with two attached hydrogens (primary N) is 1. The van der Waals surface area contributed by atoms with Crippen LogP contribution >= 0.6 is 0 Å². The van der Waals surface area contributed by atoms with E-state index in [0.29, 0.717) is 34.5 Å². The van der Waals surface area contributed by atoms with Crippen molar-refractivity contribution in [1.29, 1.82) is 0 Å². The predicted octanol–water partition coefficient (Wildman–Crippen LogP) is 1.71. The summed E-state index contributed by atoms with van der Waals surface area (Å²) in [6.07, 6.45) is 3.08. The number of primary amides is 1. The molecule has 2 aromatic heterocycles. The summed E-state index contributed by atoms with van der Waals surface area (Å²) in [6.45, 7) is 4.44. The van der Waals surface area contributed by atoms with Crippen LogP contribution in [0.3, 0.4) is 0 Å². The Morgan fingerprint density at radius 2 is 2.12 bits per heavy atom. The van der Waals surface area contributed by atoms with Gasteiger partial charge in [-0.2, -0.15) is 5.10 Å². The van der Waals surface area contributed by atoms with Gasteiger partial charge < -0.3 is 11.1 Å². The number of aryl methyl sites for hydroxylation is 2. The van der Waals surface area contributed by atoms with Gasteiger partial charge >= 0.3 is 0 Å². The molecule has 3 rings (SSSR count). The first-order valence-electron chi connectivity index (χ1n) is 8.03. The average molecular weight is 373 g/mol. The minimum atomic E-state index is -2.57. The topological polar surface area (TPSA) is 120 Å². The third-order valence-electron chi connectivity index (χ3n) is 4.07. The first-order chi connectivity index (χ1) is 12.4. The van der Waals surface area contributed by atoms with E-state index in [1.54, 1.807) is 29.1 Å². The highest BCUT2D eigenvalue weighted by Gasteiger charge is 2.17. The Hall–Kier alpha value is -2.94. The zero-order valence-electron chi connectivity index (χ0n) is 14.4. The van der Waals surface area contributed by atoms with Gasteiger partial charge in [0, 0.05) is 24.2 Å². The van der Waals surface area contributed by atoms with Gasteiger partial charge in [-0.3, -0.25) is 9.78 Å². The molecule has 8 nitrogen and oxygen atoms in total. The Morgan fingerprint density at radius 1 is 1.35 bits per heavy atom. The second-order valence-corrected chi connectivity index (χ2v) is 6.85. The van der Waals surface area contributed by atoms with Gasteiger partial charge in [-0.1, -0.05) is 6.07 Å². The fourth-order valence-electron chi connectivity index (χ4n) is 2.94. The summed E-state index contributed by atoms with van der Waals surface area (Å²) in [7, 11) is -2.57. The van der Waals surface area contributed by atoms with Gasteiger partial charge in [0.1, 0.15) is 16.5 Å². The number of carbonyl (C=O) groups is 1. The Bertz CT molecular complexity index is 1060. The zero-order chi connectivity index (χ0) is 18.8. The van der Waals surface area contributed by atoms with Gasteiger partial charge in [0.15, 0.2) is 0 Å². The molecule has 136 valence electrons. The lowest BCUT2D eigenvalue weighted by atomic mass is 10.0. The number of carbonyl (C=O) groups excluding carboxylic acids is 1. The number of rotatable bonds is 6. The van der Waals surface area contributed by atoms with Crippen LogP contribution in [0.2, 0.25) is 0 Å². The minimum absolute atomic E-state index is 0.0841. The van der Waals surface area contributed by atoms with E-state index in [9.17, 15) is 13.2 Å². The molecule has 1 amide bonds. The van der Waals surface area contributed by atoms with Crippen molar-refractivity contribution in [2.45, 2.75) is 26.1 Å². The van der Waals surface area contributed by atoms with Crippen molar-refractivity contribution >= 4 is 39.0 Å². The number of anilines is 2. The van der Waals surface area contributed by atoms with Gasteiger partial charge in [0.2, 0.25) is 0 Å². The molecule has 1 aromatic carbocycles. The van der Waals surface area contributed by atoms with Gasteiger partial charge in [-0.05, 0) is 31.0 Å². The van der Waals surface area contributed by atoms with Crippen LogP contribution in [-0.4, -0.2) is 29.1 Å². The molecular weight excluding hydrogens is 354 g/mol. The number of amides is 1. The molecule has 0 saturated heterocycles. The number of benzene rings is 1. The van der Waals surface area contributed by atoms with E-state index in [1.807, 2.05) is 13.8 Å². The molecule has 0 fully saturated rings. The van der Waals surface area contributed by atoms with Crippen LogP contribution in [0.1, 0.15) is 28.4 Å². The summed E-state index contributed by atoms with van der Waals surface area (Å²) in [5.41, 5.74) is 8.35. The molecule has 2 heterocycles. The van der Waals surface area contributed by atoms with Crippen LogP contribution in [0.5, 0.6) is 0 Å². The van der Waals surface area contributed by atoms with Crippen molar-refractivity contribution in [3.05, 3.63) is 47.3 Å². The maximum Gasteiger partial charge on any atom is 0.252 e. The summed E-state index contributed by atoms with van der Waals surface area (Å²) in [5, 5.41) is 8.05. The zero-order valence-corrected chi connectivity index (χ0v) is 15.3. The molecule has 0 saturated carbocycles. The first kappa shape index (κ1) is 17.9. The van der Waals surface area contributed by atoms with Crippen LogP contribution in [0.15, 0.2) is 30.6 Å². The normalized spacial score (nSPS) is 11.2. The maximum absolute atomic E-state index is 11.9.